The standard InChI is InChI=1S/C16H22O4S/c1-14(2,21(18,19)12-7-5-4-6-8-12)16-10-9-15(3,20-16)13(17)11-16/h4-8,13,17H,9-11H2,1-3H3. The van der Waals surface area contributed by atoms with Gasteiger partial charge in [-0.1, -0.05) is 18.2 Å². The van der Waals surface area contributed by atoms with E-state index in [9.17, 15) is 13.5 Å². The number of fused-ring (bicyclic) bond motifs is 2. The molecule has 116 valence electrons. The Morgan fingerprint density at radius 3 is 2.33 bits per heavy atom. The summed E-state index contributed by atoms with van der Waals surface area (Å²) in [6, 6.07) is 8.49. The molecule has 5 heteroatoms. The predicted octanol–water partition coefficient (Wildman–Crippen LogP) is 2.31. The minimum atomic E-state index is -3.55. The molecule has 0 spiro atoms. The smallest absolute Gasteiger partial charge is 0.186 e. The highest BCUT2D eigenvalue weighted by atomic mass is 32.2. The second-order valence-electron chi connectivity index (χ2n) is 6.96. The van der Waals surface area contributed by atoms with Crippen LogP contribution in [0, 0.1) is 0 Å². The Morgan fingerprint density at radius 2 is 1.86 bits per heavy atom. The van der Waals surface area contributed by atoms with Crippen molar-refractivity contribution in [3.8, 4) is 0 Å². The monoisotopic (exact) mass is 310 g/mol. The highest BCUT2D eigenvalue weighted by Crippen LogP contribution is 2.57. The van der Waals surface area contributed by atoms with E-state index in [1.165, 1.54) is 0 Å². The largest absolute Gasteiger partial charge is 0.390 e. The Hall–Kier alpha value is -0.910. The fourth-order valence-corrected chi connectivity index (χ4v) is 5.54. The minimum Gasteiger partial charge on any atom is -0.390 e. The summed E-state index contributed by atoms with van der Waals surface area (Å²) in [5.74, 6) is 0. The molecule has 2 saturated heterocycles. The SMILES string of the molecule is CC12CCC(C(C)(C)S(=O)(=O)c3ccccc3)(CC1O)O2. The van der Waals surface area contributed by atoms with Gasteiger partial charge in [-0.3, -0.25) is 0 Å². The number of sulfone groups is 1. The van der Waals surface area contributed by atoms with E-state index >= 15 is 0 Å². The Bertz CT molecular complexity index is 652. The van der Waals surface area contributed by atoms with E-state index in [-0.39, 0.29) is 0 Å². The van der Waals surface area contributed by atoms with Crippen molar-refractivity contribution in [1.29, 1.82) is 0 Å². The van der Waals surface area contributed by atoms with Gasteiger partial charge in [-0.15, -0.1) is 0 Å². The second kappa shape index (κ2) is 4.31. The van der Waals surface area contributed by atoms with Crippen molar-refractivity contribution in [3.63, 3.8) is 0 Å². The zero-order valence-corrected chi connectivity index (χ0v) is 13.5. The van der Waals surface area contributed by atoms with Gasteiger partial charge in [0.15, 0.2) is 9.84 Å². The van der Waals surface area contributed by atoms with Crippen molar-refractivity contribution in [2.75, 3.05) is 0 Å². The van der Waals surface area contributed by atoms with Gasteiger partial charge in [-0.25, -0.2) is 8.42 Å². The molecule has 4 nitrogen and oxygen atoms in total. The summed E-state index contributed by atoms with van der Waals surface area (Å²) in [7, 11) is -3.55. The quantitative estimate of drug-likeness (QED) is 0.930. The van der Waals surface area contributed by atoms with Crippen molar-refractivity contribution in [2.45, 2.75) is 67.0 Å². The van der Waals surface area contributed by atoms with Gasteiger partial charge in [-0.05, 0) is 45.7 Å². The second-order valence-corrected chi connectivity index (χ2v) is 9.45. The third kappa shape index (κ3) is 1.84. The first-order valence-corrected chi connectivity index (χ1v) is 8.81. The Balaban J connectivity index is 2.06. The molecule has 1 aromatic carbocycles. The van der Waals surface area contributed by atoms with Gasteiger partial charge >= 0.3 is 0 Å². The number of rotatable bonds is 3. The average Bonchev–Trinajstić information content (AvgIpc) is 2.91. The summed E-state index contributed by atoms with van der Waals surface area (Å²) in [4.78, 5) is 0.308. The number of aliphatic hydroxyl groups excluding tert-OH is 1. The zero-order chi connectivity index (χ0) is 15.5. The topological polar surface area (TPSA) is 63.6 Å². The molecule has 0 aliphatic carbocycles. The fourth-order valence-electron chi connectivity index (χ4n) is 3.71. The van der Waals surface area contributed by atoms with Crippen LogP contribution in [0.2, 0.25) is 0 Å². The van der Waals surface area contributed by atoms with Crippen LogP contribution in [-0.4, -0.2) is 35.6 Å². The molecule has 1 N–H and O–H groups in total. The molecule has 2 fully saturated rings. The summed E-state index contributed by atoms with van der Waals surface area (Å²) in [5.41, 5.74) is -1.42. The Morgan fingerprint density at radius 1 is 1.24 bits per heavy atom. The molecule has 0 radical (unpaired) electrons. The third-order valence-electron chi connectivity index (χ3n) is 5.50. The maximum Gasteiger partial charge on any atom is 0.186 e. The van der Waals surface area contributed by atoms with Crippen molar-refractivity contribution >= 4 is 9.84 Å². The average molecular weight is 310 g/mol. The number of benzene rings is 1. The van der Waals surface area contributed by atoms with Crippen molar-refractivity contribution in [3.05, 3.63) is 30.3 Å². The summed E-state index contributed by atoms with van der Waals surface area (Å²) >= 11 is 0. The first-order chi connectivity index (χ1) is 9.65. The number of aliphatic hydroxyl groups is 1. The third-order valence-corrected chi connectivity index (χ3v) is 8.11. The fraction of sp³-hybridized carbons (Fsp3) is 0.625. The lowest BCUT2D eigenvalue weighted by Gasteiger charge is -2.40. The number of ether oxygens (including phenoxy) is 1. The van der Waals surface area contributed by atoms with Gasteiger partial charge in [0.05, 0.1) is 22.2 Å². The lowest BCUT2D eigenvalue weighted by molar-refractivity contribution is -0.0746. The molecule has 0 aromatic heterocycles. The van der Waals surface area contributed by atoms with Gasteiger partial charge in [0.25, 0.3) is 0 Å². The molecule has 1 aromatic rings. The van der Waals surface area contributed by atoms with Crippen molar-refractivity contribution in [2.24, 2.45) is 0 Å². The minimum absolute atomic E-state index is 0.308. The van der Waals surface area contributed by atoms with E-state index in [1.54, 1.807) is 44.2 Å². The van der Waals surface area contributed by atoms with E-state index in [0.29, 0.717) is 24.2 Å². The first kappa shape index (κ1) is 15.0. The van der Waals surface area contributed by atoms with E-state index in [2.05, 4.69) is 0 Å². The molecule has 2 aliphatic rings. The molecule has 2 bridgehead atoms. The lowest BCUT2D eigenvalue weighted by Crippen LogP contribution is -2.54. The molecular formula is C16H22O4S. The van der Waals surface area contributed by atoms with Crippen LogP contribution >= 0.6 is 0 Å². The van der Waals surface area contributed by atoms with Crippen molar-refractivity contribution < 1.29 is 18.3 Å². The van der Waals surface area contributed by atoms with Crippen LogP contribution in [0.5, 0.6) is 0 Å². The zero-order valence-electron chi connectivity index (χ0n) is 12.7. The highest BCUT2D eigenvalue weighted by molar-refractivity contribution is 7.92. The number of hydrogen-bond donors (Lipinski definition) is 1. The summed E-state index contributed by atoms with van der Waals surface area (Å²) in [6.45, 7) is 5.32. The van der Waals surface area contributed by atoms with Crippen molar-refractivity contribution in [1.82, 2.24) is 0 Å². The number of hydrogen-bond acceptors (Lipinski definition) is 4. The van der Waals surface area contributed by atoms with Gasteiger partial charge in [0.1, 0.15) is 4.75 Å². The maximum absolute atomic E-state index is 13.1. The van der Waals surface area contributed by atoms with Crippen LogP contribution in [0.3, 0.4) is 0 Å². The van der Waals surface area contributed by atoms with E-state index in [0.717, 1.165) is 0 Å². The van der Waals surface area contributed by atoms with E-state index in [1.807, 2.05) is 6.92 Å². The van der Waals surface area contributed by atoms with Gasteiger partial charge in [0.2, 0.25) is 0 Å². The van der Waals surface area contributed by atoms with Crippen LogP contribution in [0.15, 0.2) is 35.2 Å². The highest BCUT2D eigenvalue weighted by Gasteiger charge is 2.67. The van der Waals surface area contributed by atoms with Gasteiger partial charge < -0.3 is 9.84 Å². The lowest BCUT2D eigenvalue weighted by atomic mass is 9.75. The maximum atomic E-state index is 13.1. The molecule has 0 saturated carbocycles. The van der Waals surface area contributed by atoms with Gasteiger partial charge in [-0.2, -0.15) is 0 Å². The van der Waals surface area contributed by atoms with Crippen LogP contribution < -0.4 is 0 Å². The first-order valence-electron chi connectivity index (χ1n) is 7.33. The van der Waals surface area contributed by atoms with E-state index in [4.69, 9.17) is 4.74 Å². The van der Waals surface area contributed by atoms with Gasteiger partial charge in [0, 0.05) is 6.42 Å². The normalized spacial score (nSPS) is 36.1. The Kier molecular flexibility index (Phi) is 3.08. The summed E-state index contributed by atoms with van der Waals surface area (Å²) in [6.07, 6.45) is 1.14. The van der Waals surface area contributed by atoms with Crippen LogP contribution in [0.25, 0.3) is 0 Å². The van der Waals surface area contributed by atoms with Crippen LogP contribution in [0.1, 0.15) is 40.0 Å². The predicted molar refractivity (Wildman–Crippen MR) is 79.8 cm³/mol. The van der Waals surface area contributed by atoms with Crippen LogP contribution in [0.4, 0.5) is 0 Å². The molecule has 0 amide bonds. The summed E-state index contributed by atoms with van der Waals surface area (Å²) in [5, 5.41) is 10.2. The summed E-state index contributed by atoms with van der Waals surface area (Å²) < 4.78 is 31.2. The molecule has 21 heavy (non-hydrogen) atoms. The van der Waals surface area contributed by atoms with Crippen LogP contribution in [-0.2, 0) is 14.6 Å². The molecule has 3 atom stereocenters. The molecule has 3 unspecified atom stereocenters. The molecule has 2 heterocycles. The molecule has 2 aliphatic heterocycles. The van der Waals surface area contributed by atoms with E-state index < -0.39 is 31.9 Å². The molecular weight excluding hydrogens is 288 g/mol. The Labute approximate surface area is 126 Å². The molecule has 3 rings (SSSR count).